The van der Waals surface area contributed by atoms with Gasteiger partial charge in [0.1, 0.15) is 5.75 Å². The van der Waals surface area contributed by atoms with Crippen molar-refractivity contribution in [1.82, 2.24) is 5.32 Å². The summed E-state index contributed by atoms with van der Waals surface area (Å²) in [5.74, 6) is 0.400. The third kappa shape index (κ3) is 3.99. The number of aryl methyl sites for hydroxylation is 1. The minimum absolute atomic E-state index is 0.142. The van der Waals surface area contributed by atoms with Crippen molar-refractivity contribution >= 4 is 11.6 Å². The maximum Gasteiger partial charge on any atom is 0.251 e. The molecular formula is C17H20N2O2. The minimum atomic E-state index is -0.142. The van der Waals surface area contributed by atoms with Gasteiger partial charge in [0.2, 0.25) is 0 Å². The lowest BCUT2D eigenvalue weighted by Gasteiger charge is -2.10. The third-order valence-corrected chi connectivity index (χ3v) is 3.15. The molecule has 0 radical (unpaired) electrons. The molecule has 110 valence electrons. The van der Waals surface area contributed by atoms with Crippen molar-refractivity contribution in [3.63, 3.8) is 0 Å². The van der Waals surface area contributed by atoms with Gasteiger partial charge >= 0.3 is 0 Å². The van der Waals surface area contributed by atoms with Crippen LogP contribution in [-0.2, 0) is 6.54 Å². The first kappa shape index (κ1) is 14.9. The van der Waals surface area contributed by atoms with Crippen molar-refractivity contribution in [3.8, 4) is 5.75 Å². The van der Waals surface area contributed by atoms with E-state index in [0.29, 0.717) is 30.2 Å². The second-order valence-corrected chi connectivity index (χ2v) is 4.85. The molecule has 2 rings (SSSR count). The maximum atomic E-state index is 12.1. The lowest BCUT2D eigenvalue weighted by molar-refractivity contribution is 0.0950. The highest BCUT2D eigenvalue weighted by atomic mass is 16.5. The molecule has 0 aromatic heterocycles. The molecule has 4 nitrogen and oxygen atoms in total. The molecule has 0 spiro atoms. The average Bonchev–Trinajstić information content (AvgIpc) is 2.49. The number of benzene rings is 2. The van der Waals surface area contributed by atoms with Gasteiger partial charge in [0.25, 0.3) is 5.91 Å². The Hall–Kier alpha value is -2.49. The first-order valence-corrected chi connectivity index (χ1v) is 6.96. The Morgan fingerprint density at radius 3 is 2.57 bits per heavy atom. The van der Waals surface area contributed by atoms with Gasteiger partial charge in [-0.15, -0.1) is 0 Å². The lowest BCUT2D eigenvalue weighted by atomic mass is 10.1. The van der Waals surface area contributed by atoms with E-state index in [9.17, 15) is 4.79 Å². The van der Waals surface area contributed by atoms with Gasteiger partial charge in [-0.3, -0.25) is 4.79 Å². The topological polar surface area (TPSA) is 64.3 Å². The highest BCUT2D eigenvalue weighted by Gasteiger charge is 2.09. The van der Waals surface area contributed by atoms with E-state index in [0.717, 1.165) is 5.56 Å². The fraction of sp³-hybridized carbons (Fsp3) is 0.235. The summed E-state index contributed by atoms with van der Waals surface area (Å²) < 4.78 is 5.40. The zero-order chi connectivity index (χ0) is 15.2. The number of nitrogens with one attached hydrogen (secondary N) is 1. The summed E-state index contributed by atoms with van der Waals surface area (Å²) in [5, 5.41) is 2.89. The SMILES string of the molecule is CCOc1cc(C(=O)NCc2ccc(C)cc2)ccc1N. The van der Waals surface area contributed by atoms with Crippen molar-refractivity contribution in [2.45, 2.75) is 20.4 Å². The van der Waals surface area contributed by atoms with Crippen LogP contribution >= 0.6 is 0 Å². The number of rotatable bonds is 5. The second-order valence-electron chi connectivity index (χ2n) is 4.85. The molecular weight excluding hydrogens is 264 g/mol. The first-order valence-electron chi connectivity index (χ1n) is 6.96. The van der Waals surface area contributed by atoms with E-state index in [-0.39, 0.29) is 5.91 Å². The molecule has 0 aliphatic carbocycles. The van der Waals surface area contributed by atoms with Gasteiger partial charge in [0.05, 0.1) is 12.3 Å². The lowest BCUT2D eigenvalue weighted by Crippen LogP contribution is -2.22. The van der Waals surface area contributed by atoms with Crippen molar-refractivity contribution in [2.24, 2.45) is 0 Å². The van der Waals surface area contributed by atoms with Gasteiger partial charge in [-0.1, -0.05) is 29.8 Å². The van der Waals surface area contributed by atoms with Crippen molar-refractivity contribution in [3.05, 3.63) is 59.2 Å². The number of amides is 1. The molecule has 0 aliphatic rings. The zero-order valence-corrected chi connectivity index (χ0v) is 12.3. The fourth-order valence-corrected chi connectivity index (χ4v) is 1.95. The van der Waals surface area contributed by atoms with E-state index in [1.54, 1.807) is 18.2 Å². The van der Waals surface area contributed by atoms with Crippen LogP contribution in [-0.4, -0.2) is 12.5 Å². The van der Waals surface area contributed by atoms with Crippen LogP contribution in [0.1, 0.15) is 28.4 Å². The molecule has 0 heterocycles. The molecule has 0 saturated heterocycles. The van der Waals surface area contributed by atoms with Crippen LogP contribution < -0.4 is 15.8 Å². The first-order chi connectivity index (χ1) is 10.1. The van der Waals surface area contributed by atoms with Crippen LogP contribution in [0.4, 0.5) is 5.69 Å². The third-order valence-electron chi connectivity index (χ3n) is 3.15. The summed E-state index contributed by atoms with van der Waals surface area (Å²) in [6.07, 6.45) is 0. The van der Waals surface area contributed by atoms with E-state index in [4.69, 9.17) is 10.5 Å². The van der Waals surface area contributed by atoms with Crippen LogP contribution in [0.3, 0.4) is 0 Å². The van der Waals surface area contributed by atoms with E-state index in [1.807, 2.05) is 38.1 Å². The Balaban J connectivity index is 2.03. The maximum absolute atomic E-state index is 12.1. The molecule has 1 amide bonds. The van der Waals surface area contributed by atoms with Crippen LogP contribution in [0.2, 0.25) is 0 Å². The summed E-state index contributed by atoms with van der Waals surface area (Å²) in [6, 6.07) is 13.1. The van der Waals surface area contributed by atoms with E-state index in [2.05, 4.69) is 5.32 Å². The molecule has 0 bridgehead atoms. The van der Waals surface area contributed by atoms with Gasteiger partial charge in [-0.2, -0.15) is 0 Å². The smallest absolute Gasteiger partial charge is 0.251 e. The predicted octanol–water partition coefficient (Wildman–Crippen LogP) is 2.91. The number of hydrogen-bond donors (Lipinski definition) is 2. The van der Waals surface area contributed by atoms with Gasteiger partial charge in [-0.25, -0.2) is 0 Å². The van der Waals surface area contributed by atoms with Gasteiger partial charge < -0.3 is 15.8 Å². The number of hydrogen-bond acceptors (Lipinski definition) is 3. The zero-order valence-electron chi connectivity index (χ0n) is 12.3. The quantitative estimate of drug-likeness (QED) is 0.830. The number of anilines is 1. The summed E-state index contributed by atoms with van der Waals surface area (Å²) in [5.41, 5.74) is 9.14. The minimum Gasteiger partial charge on any atom is -0.492 e. The summed E-state index contributed by atoms with van der Waals surface area (Å²) in [4.78, 5) is 12.1. The molecule has 0 fully saturated rings. The van der Waals surface area contributed by atoms with Crippen LogP contribution in [0.5, 0.6) is 5.75 Å². The monoisotopic (exact) mass is 284 g/mol. The van der Waals surface area contributed by atoms with E-state index < -0.39 is 0 Å². The van der Waals surface area contributed by atoms with Gasteiger partial charge in [-0.05, 0) is 37.6 Å². The standard InChI is InChI=1S/C17H20N2O2/c1-3-21-16-10-14(8-9-15(16)18)17(20)19-11-13-6-4-12(2)5-7-13/h4-10H,3,11,18H2,1-2H3,(H,19,20). The van der Waals surface area contributed by atoms with Crippen molar-refractivity contribution < 1.29 is 9.53 Å². The highest BCUT2D eigenvalue weighted by molar-refractivity contribution is 5.95. The molecule has 0 unspecified atom stereocenters. The molecule has 4 heteroatoms. The van der Waals surface area contributed by atoms with Crippen LogP contribution in [0.15, 0.2) is 42.5 Å². The highest BCUT2D eigenvalue weighted by Crippen LogP contribution is 2.22. The number of ether oxygens (including phenoxy) is 1. The van der Waals surface area contributed by atoms with Gasteiger partial charge in [0, 0.05) is 12.1 Å². The van der Waals surface area contributed by atoms with Crippen molar-refractivity contribution in [2.75, 3.05) is 12.3 Å². The number of nitrogen functional groups attached to an aromatic ring is 1. The van der Waals surface area contributed by atoms with E-state index in [1.165, 1.54) is 5.56 Å². The van der Waals surface area contributed by atoms with E-state index >= 15 is 0 Å². The number of carbonyl (C=O) groups excluding carboxylic acids is 1. The molecule has 2 aromatic rings. The Morgan fingerprint density at radius 1 is 1.19 bits per heavy atom. The number of nitrogens with two attached hydrogens (primary N) is 1. The molecule has 3 N–H and O–H groups in total. The fourth-order valence-electron chi connectivity index (χ4n) is 1.95. The summed E-state index contributed by atoms with van der Waals surface area (Å²) >= 11 is 0. The average molecular weight is 284 g/mol. The van der Waals surface area contributed by atoms with Crippen LogP contribution in [0.25, 0.3) is 0 Å². The normalized spacial score (nSPS) is 10.2. The van der Waals surface area contributed by atoms with Gasteiger partial charge in [0.15, 0.2) is 0 Å². The molecule has 0 aliphatic heterocycles. The van der Waals surface area contributed by atoms with Crippen LogP contribution in [0, 0.1) is 6.92 Å². The largest absolute Gasteiger partial charge is 0.492 e. The Bertz CT molecular complexity index is 621. The molecule has 0 atom stereocenters. The Kier molecular flexibility index (Phi) is 4.82. The predicted molar refractivity (Wildman–Crippen MR) is 84.4 cm³/mol. The second kappa shape index (κ2) is 6.79. The Morgan fingerprint density at radius 2 is 1.90 bits per heavy atom. The number of carbonyl (C=O) groups is 1. The summed E-state index contributed by atoms with van der Waals surface area (Å²) in [7, 11) is 0. The molecule has 0 saturated carbocycles. The molecule has 21 heavy (non-hydrogen) atoms. The van der Waals surface area contributed by atoms with Crippen molar-refractivity contribution in [1.29, 1.82) is 0 Å². The molecule has 2 aromatic carbocycles. The Labute approximate surface area is 124 Å². The summed E-state index contributed by atoms with van der Waals surface area (Å²) in [6.45, 7) is 4.92.